The van der Waals surface area contributed by atoms with E-state index >= 15 is 0 Å². The van der Waals surface area contributed by atoms with Crippen LogP contribution in [0.1, 0.15) is 333 Å². The normalized spacial score (nSPS) is 26.4. The fourth-order valence-corrected chi connectivity index (χ4v) is 23.9. The van der Waals surface area contributed by atoms with Crippen molar-refractivity contribution in [3.05, 3.63) is 0 Å². The van der Waals surface area contributed by atoms with Gasteiger partial charge in [-0.2, -0.15) is 15.0 Å². The number of amides is 6. The highest BCUT2D eigenvalue weighted by atomic mass is 16.2. The summed E-state index contributed by atoms with van der Waals surface area (Å²) in [6.07, 6.45) is 29.4. The second-order valence-electron chi connectivity index (χ2n) is 45.8. The van der Waals surface area contributed by atoms with E-state index in [1.807, 2.05) is 32.6 Å². The summed E-state index contributed by atoms with van der Waals surface area (Å²) < 4.78 is 0. The highest BCUT2D eigenvalue weighted by Gasteiger charge is 2.51. The Balaban J connectivity index is 0.000000254. The van der Waals surface area contributed by atoms with Crippen LogP contribution in [0.3, 0.4) is 0 Å². The maximum absolute atomic E-state index is 14.1. The summed E-state index contributed by atoms with van der Waals surface area (Å²) in [6.45, 7) is 63.8. The third-order valence-electron chi connectivity index (χ3n) is 26.7. The standard InChI is InChI=1S/C54H93N9O3.C20H37N3O2.C17H32N2O/c1-49(2)34-52(7,8)43(64)58(37-49)28-31-61(40-22-16-13-17-23-40)46-55-47(62(41-24-18-14-19-25-41)32-29-59-38-50(3,4)35-53(9,10)44(59)65)57-48(56-46)63(42-26-20-15-21-27-42)33-30-60-39-51(5,6)36-54(11,12)45(60)66;1-17(2)11-19(5,6)15(24)22(13-17)10-9-21-23-14-18(3,4)12-20(7,8)16(23)25;1-16(2)12-17(3,4)15(20)19(13-16)11-10-18-14-8-6-5-7-9-14/h40-42H,13-39H2,1-12H3;21H,9-14H2,1-8H3;14,18H,5-13H2,1-4H3. The summed E-state index contributed by atoms with van der Waals surface area (Å²) in [6, 6.07) is 1.48. The summed E-state index contributed by atoms with van der Waals surface area (Å²) in [7, 11) is 0. The van der Waals surface area contributed by atoms with E-state index in [2.05, 4.69) is 184 Å². The monoisotopic (exact) mass is 1550 g/mol. The second-order valence-corrected chi connectivity index (χ2v) is 45.8. The molecule has 0 radical (unpaired) electrons. The van der Waals surface area contributed by atoms with Crippen LogP contribution in [-0.4, -0.2) is 209 Å². The highest BCUT2D eigenvalue weighted by Crippen LogP contribution is 2.47. The van der Waals surface area contributed by atoms with Gasteiger partial charge in [0.2, 0.25) is 53.3 Å². The van der Waals surface area contributed by atoms with Crippen molar-refractivity contribution in [2.75, 3.05) is 119 Å². The lowest BCUT2D eigenvalue weighted by Crippen LogP contribution is -2.60. The number of nitrogens with zero attached hydrogens (tertiary/aromatic N) is 12. The van der Waals surface area contributed by atoms with Gasteiger partial charge in [-0.1, -0.05) is 243 Å². The minimum atomic E-state index is -0.410. The number of likely N-dealkylation sites (tertiary alicyclic amines) is 5. The highest BCUT2D eigenvalue weighted by molar-refractivity contribution is 5.86. The quantitative estimate of drug-likeness (QED) is 0.105. The van der Waals surface area contributed by atoms with Crippen molar-refractivity contribution < 1.29 is 28.8 Å². The van der Waals surface area contributed by atoms with Gasteiger partial charge in [0, 0.05) is 161 Å². The summed E-state index contributed by atoms with van der Waals surface area (Å²) in [4.78, 5) is 115. The van der Waals surface area contributed by atoms with Crippen LogP contribution in [0.5, 0.6) is 0 Å². The lowest BCUT2D eigenvalue weighted by molar-refractivity contribution is -0.155. The molecule has 6 aliphatic heterocycles. The second kappa shape index (κ2) is 35.1. The van der Waals surface area contributed by atoms with Crippen molar-refractivity contribution in [3.63, 3.8) is 0 Å². The molecule has 10 fully saturated rings. The van der Waals surface area contributed by atoms with Crippen LogP contribution in [0, 0.1) is 65.0 Å². The Bertz CT molecular complexity index is 3060. The van der Waals surface area contributed by atoms with Gasteiger partial charge in [-0.05, 0) is 122 Å². The lowest BCUT2D eigenvalue weighted by Gasteiger charge is -2.47. The fraction of sp³-hybridized carbons (Fsp3) is 0.901. The molecule has 1 aromatic heterocycles. The molecular weight excluding hydrogens is 1390 g/mol. The maximum Gasteiger partial charge on any atom is 0.242 e. The lowest BCUT2D eigenvalue weighted by atomic mass is 9.70. The molecular formula is C91H162N14O6. The van der Waals surface area contributed by atoms with Crippen LogP contribution in [-0.2, 0) is 28.8 Å². The number of carbonyl (C=O) groups excluding carboxylic acids is 6. The van der Waals surface area contributed by atoms with Crippen LogP contribution >= 0.6 is 0 Å². The first kappa shape index (κ1) is 90.1. The molecule has 0 bridgehead atoms. The van der Waals surface area contributed by atoms with Crippen LogP contribution in [0.15, 0.2) is 0 Å². The van der Waals surface area contributed by atoms with Gasteiger partial charge in [-0.25, -0.2) is 5.43 Å². The van der Waals surface area contributed by atoms with Gasteiger partial charge in [0.05, 0.1) is 0 Å². The first-order chi connectivity index (χ1) is 51.3. The zero-order valence-corrected chi connectivity index (χ0v) is 75.3. The average molecular weight is 1550 g/mol. The average Bonchev–Trinajstić information content (AvgIpc) is 0.790. The molecule has 20 nitrogen and oxygen atoms in total. The SMILES string of the molecule is CC1(C)CN(CCN(c2nc(N(CCN3CC(C)(C)CC(C)(C)C3=O)C3CCCCC3)nc(N(CCN3CC(C)(C)CC(C)(C)C3=O)C3CCCCC3)n2)C2CCCCC2)C(=O)C(C)(C)C1.CC1(C)CN(CCNC2CCCCC2)C(=O)C(C)(C)C1.CC1(C)CN(CCNN2CC(C)(C)CC(C)(C)C2=O)C(=O)C(C)(C)C1. The molecule has 2 N–H and O–H groups in total. The van der Waals surface area contributed by atoms with Gasteiger partial charge in [0.25, 0.3) is 0 Å². The molecule has 632 valence electrons. The fourth-order valence-electron chi connectivity index (χ4n) is 23.9. The third-order valence-corrected chi connectivity index (χ3v) is 26.7. The summed E-state index contributed by atoms with van der Waals surface area (Å²) in [5.74, 6) is 3.60. The number of hydrogen-bond acceptors (Lipinski definition) is 14. The molecule has 0 spiro atoms. The predicted octanol–water partition coefficient (Wildman–Crippen LogP) is 16.4. The van der Waals surface area contributed by atoms with Gasteiger partial charge in [0.1, 0.15) is 0 Å². The minimum Gasteiger partial charge on any atom is -0.340 e. The molecule has 0 aromatic carbocycles. The van der Waals surface area contributed by atoms with Crippen molar-refractivity contribution in [1.82, 2.24) is 55.2 Å². The zero-order chi connectivity index (χ0) is 81.9. The number of aromatic nitrogens is 3. The van der Waals surface area contributed by atoms with Crippen molar-refractivity contribution >= 4 is 53.3 Å². The van der Waals surface area contributed by atoms with E-state index < -0.39 is 16.2 Å². The Hall–Kier alpha value is -4.85. The maximum atomic E-state index is 14.1. The number of piperidine rings is 6. The summed E-state index contributed by atoms with van der Waals surface area (Å²) in [5, 5.41) is 5.42. The van der Waals surface area contributed by atoms with E-state index in [0.717, 1.165) is 141 Å². The Morgan fingerprint density at radius 2 is 0.514 bits per heavy atom. The van der Waals surface area contributed by atoms with Gasteiger partial charge in [0.15, 0.2) is 0 Å². The molecule has 0 atom stereocenters. The Morgan fingerprint density at radius 1 is 0.288 bits per heavy atom. The zero-order valence-electron chi connectivity index (χ0n) is 75.3. The Kier molecular flexibility index (Phi) is 28.5. The predicted molar refractivity (Wildman–Crippen MR) is 453 cm³/mol. The van der Waals surface area contributed by atoms with Crippen molar-refractivity contribution in [3.8, 4) is 0 Å². The molecule has 0 unspecified atom stereocenters. The van der Waals surface area contributed by atoms with Gasteiger partial charge >= 0.3 is 0 Å². The Morgan fingerprint density at radius 3 is 0.784 bits per heavy atom. The molecule has 1 aromatic rings. The van der Waals surface area contributed by atoms with E-state index in [-0.39, 0.29) is 96.4 Å². The van der Waals surface area contributed by atoms with Crippen LogP contribution < -0.4 is 25.4 Å². The molecule has 11 rings (SSSR count). The number of hydrogen-bond donors (Lipinski definition) is 2. The van der Waals surface area contributed by atoms with E-state index in [1.165, 1.54) is 89.9 Å². The summed E-state index contributed by atoms with van der Waals surface area (Å²) >= 11 is 0. The number of nitrogens with one attached hydrogen (secondary N) is 2. The van der Waals surface area contributed by atoms with E-state index in [0.29, 0.717) is 70.9 Å². The smallest absolute Gasteiger partial charge is 0.242 e. The number of hydrazine groups is 1. The first-order valence-electron chi connectivity index (χ1n) is 44.6. The van der Waals surface area contributed by atoms with Crippen LogP contribution in [0.25, 0.3) is 0 Å². The van der Waals surface area contributed by atoms with Gasteiger partial charge < -0.3 is 44.5 Å². The number of anilines is 3. The van der Waals surface area contributed by atoms with Crippen molar-refractivity contribution in [2.24, 2.45) is 65.0 Å². The number of carbonyl (C=O) groups is 6. The number of rotatable bonds is 23. The van der Waals surface area contributed by atoms with Crippen molar-refractivity contribution in [1.29, 1.82) is 0 Å². The molecule has 111 heavy (non-hydrogen) atoms. The molecule has 4 saturated carbocycles. The first-order valence-corrected chi connectivity index (χ1v) is 44.6. The van der Waals surface area contributed by atoms with Gasteiger partial charge in [-0.15, -0.1) is 0 Å². The van der Waals surface area contributed by atoms with E-state index in [4.69, 9.17) is 15.0 Å². The van der Waals surface area contributed by atoms with Crippen LogP contribution in [0.2, 0.25) is 0 Å². The molecule has 6 saturated heterocycles. The van der Waals surface area contributed by atoms with E-state index in [9.17, 15) is 28.8 Å². The minimum absolute atomic E-state index is 0.0297. The Labute approximate surface area is 675 Å². The van der Waals surface area contributed by atoms with Gasteiger partial charge in [-0.3, -0.25) is 33.8 Å². The largest absolute Gasteiger partial charge is 0.340 e. The topological polar surface area (TPSA) is 194 Å². The van der Waals surface area contributed by atoms with E-state index in [1.54, 1.807) is 5.01 Å². The van der Waals surface area contributed by atoms with Crippen LogP contribution in [0.4, 0.5) is 17.8 Å². The molecule has 20 heteroatoms. The molecule has 10 aliphatic rings. The third kappa shape index (κ3) is 23.9. The summed E-state index contributed by atoms with van der Waals surface area (Å²) in [5.41, 5.74) is 1.75. The molecule has 4 aliphatic carbocycles. The molecule has 6 amide bonds. The molecule has 7 heterocycles. The van der Waals surface area contributed by atoms with Crippen molar-refractivity contribution in [2.45, 2.75) is 357 Å².